The van der Waals surface area contributed by atoms with Crippen molar-refractivity contribution in [3.05, 3.63) is 23.0 Å². The zero-order valence-corrected chi connectivity index (χ0v) is 7.90. The van der Waals surface area contributed by atoms with Crippen molar-refractivity contribution in [3.8, 4) is 0 Å². The number of carboxylic acid groups (broad SMARTS) is 1. The van der Waals surface area contributed by atoms with Gasteiger partial charge >= 0.3 is 11.9 Å². The minimum atomic E-state index is -3.70. The molecule has 0 bridgehead atoms. The van der Waals surface area contributed by atoms with Crippen LogP contribution in [0.5, 0.6) is 0 Å². The lowest BCUT2D eigenvalue weighted by Crippen LogP contribution is -2.31. The Morgan fingerprint density at radius 2 is 2.14 bits per heavy atom. The second-order valence-electron chi connectivity index (χ2n) is 3.26. The Kier molecular flexibility index (Phi) is 2.59. The van der Waals surface area contributed by atoms with E-state index in [1.807, 2.05) is 0 Å². The van der Waals surface area contributed by atoms with Crippen LogP contribution in [0, 0.1) is 13.8 Å². The second-order valence-corrected chi connectivity index (χ2v) is 3.26. The van der Waals surface area contributed by atoms with Gasteiger partial charge in [0.1, 0.15) is 0 Å². The van der Waals surface area contributed by atoms with Gasteiger partial charge in [-0.1, -0.05) is 0 Å². The summed E-state index contributed by atoms with van der Waals surface area (Å²) in [5, 5.41) is 8.26. The van der Waals surface area contributed by atoms with Gasteiger partial charge in [-0.2, -0.15) is 8.78 Å². The van der Waals surface area contributed by atoms with Crippen molar-refractivity contribution in [2.24, 2.45) is 0 Å². The molecule has 0 amide bonds. The molecule has 0 aliphatic rings. The van der Waals surface area contributed by atoms with Crippen LogP contribution in [0.4, 0.5) is 8.78 Å². The first-order chi connectivity index (χ1) is 6.34. The van der Waals surface area contributed by atoms with Crippen LogP contribution in [0.15, 0.2) is 6.20 Å². The number of aromatic amines is 1. The van der Waals surface area contributed by atoms with E-state index in [4.69, 9.17) is 5.11 Å². The average molecular weight is 203 g/mol. The highest BCUT2D eigenvalue weighted by atomic mass is 19.3. The van der Waals surface area contributed by atoms with Gasteiger partial charge in [0.25, 0.3) is 0 Å². The molecule has 0 unspecified atom stereocenters. The molecule has 1 rings (SSSR count). The van der Waals surface area contributed by atoms with Gasteiger partial charge in [0.2, 0.25) is 0 Å². The Hall–Kier alpha value is -1.39. The number of H-pyrrole nitrogens is 1. The average Bonchev–Trinajstić information content (AvgIpc) is 2.35. The largest absolute Gasteiger partial charge is 0.477 e. The van der Waals surface area contributed by atoms with Crippen LogP contribution in [0.25, 0.3) is 0 Å². The third-order valence-corrected chi connectivity index (χ3v) is 2.15. The number of rotatable bonds is 3. The first kappa shape index (κ1) is 10.7. The molecule has 0 aliphatic carbocycles. The summed E-state index contributed by atoms with van der Waals surface area (Å²) < 4.78 is 25.7. The Bertz CT molecular complexity index is 338. The van der Waals surface area contributed by atoms with Crippen molar-refractivity contribution in [2.75, 3.05) is 0 Å². The van der Waals surface area contributed by atoms with Gasteiger partial charge in [0.15, 0.2) is 0 Å². The minimum Gasteiger partial charge on any atom is -0.477 e. The maximum atomic E-state index is 12.9. The topological polar surface area (TPSA) is 53.1 Å². The van der Waals surface area contributed by atoms with E-state index in [1.54, 1.807) is 20.0 Å². The Morgan fingerprint density at radius 3 is 2.50 bits per heavy atom. The zero-order valence-electron chi connectivity index (χ0n) is 7.90. The van der Waals surface area contributed by atoms with E-state index in [-0.39, 0.29) is 0 Å². The van der Waals surface area contributed by atoms with E-state index in [0.717, 1.165) is 0 Å². The summed E-state index contributed by atoms with van der Waals surface area (Å²) in [5.74, 6) is -5.78. The summed E-state index contributed by atoms with van der Waals surface area (Å²) in [4.78, 5) is 13.0. The highest BCUT2D eigenvalue weighted by molar-refractivity contribution is 5.75. The van der Waals surface area contributed by atoms with Gasteiger partial charge in [0.05, 0.1) is 0 Å². The molecule has 0 atom stereocenters. The molecule has 78 valence electrons. The molecule has 0 aliphatic heterocycles. The SMILES string of the molecule is Cc1c[nH]c(C)c1CC(F)(F)C(=O)O. The second kappa shape index (κ2) is 3.40. The molecule has 0 saturated carbocycles. The molecule has 2 N–H and O–H groups in total. The number of aliphatic carboxylic acids is 1. The van der Waals surface area contributed by atoms with Crippen molar-refractivity contribution in [2.45, 2.75) is 26.2 Å². The number of alkyl halides is 2. The zero-order chi connectivity index (χ0) is 10.9. The number of carbonyl (C=O) groups is 1. The van der Waals surface area contributed by atoms with Crippen LogP contribution in [0.1, 0.15) is 16.8 Å². The fourth-order valence-corrected chi connectivity index (χ4v) is 1.26. The first-order valence-corrected chi connectivity index (χ1v) is 4.09. The lowest BCUT2D eigenvalue weighted by atomic mass is 10.0. The molecule has 0 aromatic carbocycles. The van der Waals surface area contributed by atoms with Gasteiger partial charge < -0.3 is 10.1 Å². The minimum absolute atomic E-state index is 0.373. The van der Waals surface area contributed by atoms with Crippen LogP contribution in [-0.4, -0.2) is 22.0 Å². The van der Waals surface area contributed by atoms with E-state index in [2.05, 4.69) is 4.98 Å². The predicted octanol–water partition coefficient (Wildman–Crippen LogP) is 1.89. The van der Waals surface area contributed by atoms with Gasteiger partial charge in [-0.3, -0.25) is 0 Å². The maximum absolute atomic E-state index is 12.9. The molecular weight excluding hydrogens is 192 g/mol. The maximum Gasteiger partial charge on any atom is 0.374 e. The molecule has 3 nitrogen and oxygen atoms in total. The molecule has 1 aromatic heterocycles. The van der Waals surface area contributed by atoms with E-state index in [0.29, 0.717) is 16.8 Å². The monoisotopic (exact) mass is 203 g/mol. The fraction of sp³-hybridized carbons (Fsp3) is 0.444. The Balaban J connectivity index is 2.94. The summed E-state index contributed by atoms with van der Waals surface area (Å²) in [6.07, 6.45) is 0.825. The van der Waals surface area contributed by atoms with Crippen molar-refractivity contribution >= 4 is 5.97 Å². The smallest absolute Gasteiger partial charge is 0.374 e. The third kappa shape index (κ3) is 1.92. The summed E-state index contributed by atoms with van der Waals surface area (Å²) >= 11 is 0. The summed E-state index contributed by atoms with van der Waals surface area (Å²) in [6.45, 7) is 3.30. The number of aryl methyl sites for hydroxylation is 2. The van der Waals surface area contributed by atoms with E-state index in [1.165, 1.54) is 0 Å². The summed E-state index contributed by atoms with van der Waals surface area (Å²) in [5.41, 5.74) is 1.62. The van der Waals surface area contributed by atoms with Crippen LogP contribution in [0.3, 0.4) is 0 Å². The quantitative estimate of drug-likeness (QED) is 0.788. The highest BCUT2D eigenvalue weighted by Crippen LogP contribution is 2.24. The summed E-state index contributed by atoms with van der Waals surface area (Å²) in [7, 11) is 0. The highest BCUT2D eigenvalue weighted by Gasteiger charge is 2.39. The number of hydrogen-bond acceptors (Lipinski definition) is 1. The fourth-order valence-electron chi connectivity index (χ4n) is 1.26. The standard InChI is InChI=1S/C9H11F2NO2/c1-5-4-12-6(2)7(5)3-9(10,11)8(13)14/h4,12H,3H2,1-2H3,(H,13,14). The molecule has 1 heterocycles. The number of halogens is 2. The van der Waals surface area contributed by atoms with E-state index < -0.39 is 18.3 Å². The molecule has 0 radical (unpaired) electrons. The lowest BCUT2D eigenvalue weighted by Gasteiger charge is -2.11. The van der Waals surface area contributed by atoms with E-state index in [9.17, 15) is 13.6 Å². The summed E-state index contributed by atoms with van der Waals surface area (Å²) in [6, 6.07) is 0. The molecule has 14 heavy (non-hydrogen) atoms. The van der Waals surface area contributed by atoms with Gasteiger partial charge in [-0.05, 0) is 25.0 Å². The molecule has 5 heteroatoms. The van der Waals surface area contributed by atoms with Crippen LogP contribution < -0.4 is 0 Å². The molecule has 0 fully saturated rings. The molecule has 0 spiro atoms. The Labute approximate surface area is 79.8 Å². The lowest BCUT2D eigenvalue weighted by molar-refractivity contribution is -0.164. The predicted molar refractivity (Wildman–Crippen MR) is 46.6 cm³/mol. The van der Waals surface area contributed by atoms with Crippen LogP contribution >= 0.6 is 0 Å². The van der Waals surface area contributed by atoms with Gasteiger partial charge in [-0.25, -0.2) is 4.79 Å². The molecular formula is C9H11F2NO2. The van der Waals surface area contributed by atoms with Crippen molar-refractivity contribution in [1.29, 1.82) is 0 Å². The molecule has 1 aromatic rings. The van der Waals surface area contributed by atoms with Crippen molar-refractivity contribution < 1.29 is 18.7 Å². The van der Waals surface area contributed by atoms with Crippen molar-refractivity contribution in [3.63, 3.8) is 0 Å². The number of aromatic nitrogens is 1. The van der Waals surface area contributed by atoms with Crippen molar-refractivity contribution in [1.82, 2.24) is 4.98 Å². The van der Waals surface area contributed by atoms with Gasteiger partial charge in [0, 0.05) is 18.3 Å². The first-order valence-electron chi connectivity index (χ1n) is 4.09. The molecule has 0 saturated heterocycles. The van der Waals surface area contributed by atoms with Gasteiger partial charge in [-0.15, -0.1) is 0 Å². The number of carboxylic acids is 1. The van der Waals surface area contributed by atoms with Crippen LogP contribution in [-0.2, 0) is 11.2 Å². The number of nitrogens with one attached hydrogen (secondary N) is 1. The van der Waals surface area contributed by atoms with Crippen LogP contribution in [0.2, 0.25) is 0 Å². The van der Waals surface area contributed by atoms with E-state index >= 15 is 0 Å². The third-order valence-electron chi connectivity index (χ3n) is 2.15. The normalized spacial score (nSPS) is 11.7. The number of hydrogen-bond donors (Lipinski definition) is 2. The Morgan fingerprint density at radius 1 is 1.57 bits per heavy atom.